The molecule has 0 saturated heterocycles. The van der Waals surface area contributed by atoms with Crippen LogP contribution in [0, 0.1) is 13.8 Å². The number of benzene rings is 2. The van der Waals surface area contributed by atoms with E-state index in [0.29, 0.717) is 33.1 Å². The van der Waals surface area contributed by atoms with Gasteiger partial charge >= 0.3 is 0 Å². The average molecular weight is 469 g/mol. The standard InChI is InChI=1S/C23H18Cl2N4O3/c1-13-8-17(14(2)29(13)27-22(31)15-6-4-3-5-7-15)20(30)11-28-12-26-21-18(23(28)32)9-16(24)10-19(21)25/h3-10,12H,11H2,1-2H3,(H,27,31). The average Bonchev–Trinajstić information content (AvgIpc) is 3.05. The van der Waals surface area contributed by atoms with Gasteiger partial charge in [0.15, 0.2) is 5.78 Å². The summed E-state index contributed by atoms with van der Waals surface area (Å²) < 4.78 is 2.77. The lowest BCUT2D eigenvalue weighted by Gasteiger charge is -2.12. The highest BCUT2D eigenvalue weighted by molar-refractivity contribution is 6.38. The van der Waals surface area contributed by atoms with Gasteiger partial charge in [0.05, 0.1) is 28.8 Å². The Hall–Kier alpha value is -3.42. The van der Waals surface area contributed by atoms with Crippen LogP contribution in [0.5, 0.6) is 0 Å². The second-order valence-electron chi connectivity index (χ2n) is 7.31. The number of carbonyl (C=O) groups excluding carboxylic acids is 2. The first-order chi connectivity index (χ1) is 15.3. The Morgan fingerprint density at radius 3 is 2.50 bits per heavy atom. The first-order valence-electron chi connectivity index (χ1n) is 9.69. The maximum atomic E-state index is 13.0. The Kier molecular flexibility index (Phi) is 5.86. The number of fused-ring (bicyclic) bond motifs is 1. The van der Waals surface area contributed by atoms with Crippen molar-refractivity contribution in [2.24, 2.45) is 0 Å². The zero-order chi connectivity index (χ0) is 23.0. The molecule has 0 saturated carbocycles. The van der Waals surface area contributed by atoms with Crippen molar-refractivity contribution < 1.29 is 9.59 Å². The monoisotopic (exact) mass is 468 g/mol. The van der Waals surface area contributed by atoms with Crippen LogP contribution in [0.15, 0.2) is 59.7 Å². The predicted octanol–water partition coefficient (Wildman–Crippen LogP) is 4.39. The minimum absolute atomic E-state index is 0.219. The number of carbonyl (C=O) groups is 2. The van der Waals surface area contributed by atoms with E-state index < -0.39 is 5.56 Å². The molecule has 1 N–H and O–H groups in total. The van der Waals surface area contributed by atoms with E-state index >= 15 is 0 Å². The fraction of sp³-hybridized carbons (Fsp3) is 0.130. The number of aromatic nitrogens is 3. The zero-order valence-corrected chi connectivity index (χ0v) is 18.7. The molecule has 0 unspecified atom stereocenters. The van der Waals surface area contributed by atoms with Gasteiger partial charge in [-0.15, -0.1) is 0 Å². The van der Waals surface area contributed by atoms with Crippen molar-refractivity contribution in [3.05, 3.63) is 97.8 Å². The lowest BCUT2D eigenvalue weighted by molar-refractivity contribution is 0.0966. The highest BCUT2D eigenvalue weighted by Crippen LogP contribution is 2.24. The molecule has 0 aliphatic heterocycles. The van der Waals surface area contributed by atoms with Gasteiger partial charge < -0.3 is 0 Å². The summed E-state index contributed by atoms with van der Waals surface area (Å²) in [5, 5.41) is 0.808. The third-order valence-corrected chi connectivity index (χ3v) is 5.65. The molecule has 0 atom stereocenters. The fourth-order valence-corrected chi connectivity index (χ4v) is 4.06. The molecule has 2 aromatic heterocycles. The summed E-state index contributed by atoms with van der Waals surface area (Å²) in [6, 6.07) is 13.4. The van der Waals surface area contributed by atoms with Gasteiger partial charge in [-0.1, -0.05) is 41.4 Å². The van der Waals surface area contributed by atoms with E-state index in [1.54, 1.807) is 48.9 Å². The molecule has 7 nitrogen and oxygen atoms in total. The van der Waals surface area contributed by atoms with Crippen LogP contribution in [-0.4, -0.2) is 25.9 Å². The van der Waals surface area contributed by atoms with Gasteiger partial charge in [-0.3, -0.25) is 29.1 Å². The molecule has 0 aliphatic rings. The van der Waals surface area contributed by atoms with Gasteiger partial charge in [0.2, 0.25) is 0 Å². The fourth-order valence-electron chi connectivity index (χ4n) is 3.52. The normalized spacial score (nSPS) is 11.0. The Morgan fingerprint density at radius 2 is 1.78 bits per heavy atom. The predicted molar refractivity (Wildman–Crippen MR) is 124 cm³/mol. The molecule has 4 aromatic rings. The molecule has 2 heterocycles. The van der Waals surface area contributed by atoms with Gasteiger partial charge in [-0.05, 0) is 44.2 Å². The summed E-state index contributed by atoms with van der Waals surface area (Å²) in [7, 11) is 0. The lowest BCUT2D eigenvalue weighted by Crippen LogP contribution is -2.26. The van der Waals surface area contributed by atoms with E-state index in [0.717, 1.165) is 0 Å². The Balaban J connectivity index is 1.62. The molecule has 32 heavy (non-hydrogen) atoms. The van der Waals surface area contributed by atoms with Crippen LogP contribution in [0.25, 0.3) is 10.9 Å². The third kappa shape index (κ3) is 4.04. The Labute approximate surface area is 193 Å². The van der Waals surface area contributed by atoms with E-state index in [9.17, 15) is 14.4 Å². The number of aryl methyl sites for hydroxylation is 1. The van der Waals surface area contributed by atoms with E-state index in [1.807, 2.05) is 6.07 Å². The number of ketones is 1. The molecule has 0 bridgehead atoms. The Morgan fingerprint density at radius 1 is 1.06 bits per heavy atom. The summed E-state index contributed by atoms with van der Waals surface area (Å²) in [6.45, 7) is 3.29. The SMILES string of the molecule is Cc1cc(C(=O)Cn2cnc3c(Cl)cc(Cl)cc3c2=O)c(C)n1NC(=O)c1ccccc1. The second-order valence-corrected chi connectivity index (χ2v) is 8.16. The molecule has 0 fully saturated rings. The van der Waals surface area contributed by atoms with Crippen LogP contribution >= 0.6 is 23.2 Å². The van der Waals surface area contributed by atoms with Gasteiger partial charge in [-0.25, -0.2) is 4.98 Å². The van der Waals surface area contributed by atoms with Crippen LogP contribution in [0.4, 0.5) is 0 Å². The molecule has 0 radical (unpaired) electrons. The van der Waals surface area contributed by atoms with Crippen molar-refractivity contribution in [3.8, 4) is 0 Å². The van der Waals surface area contributed by atoms with E-state index in [-0.39, 0.29) is 28.6 Å². The molecular formula is C23H18Cl2N4O3. The first-order valence-corrected chi connectivity index (χ1v) is 10.4. The van der Waals surface area contributed by atoms with Gasteiger partial charge in [0.1, 0.15) is 0 Å². The summed E-state index contributed by atoms with van der Waals surface area (Å²) in [5.74, 6) is -0.593. The molecule has 2 aromatic carbocycles. The van der Waals surface area contributed by atoms with Crippen molar-refractivity contribution in [2.45, 2.75) is 20.4 Å². The Bertz CT molecular complexity index is 1420. The van der Waals surface area contributed by atoms with Crippen LogP contribution < -0.4 is 11.0 Å². The number of hydrogen-bond donors (Lipinski definition) is 1. The summed E-state index contributed by atoms with van der Waals surface area (Å²) in [5.41, 5.74) is 4.84. The van der Waals surface area contributed by atoms with Crippen molar-refractivity contribution in [1.29, 1.82) is 0 Å². The van der Waals surface area contributed by atoms with Gasteiger partial charge in [0, 0.05) is 27.5 Å². The van der Waals surface area contributed by atoms with E-state index in [2.05, 4.69) is 10.4 Å². The molecule has 9 heteroatoms. The number of halogens is 2. The van der Waals surface area contributed by atoms with Crippen LogP contribution in [0.1, 0.15) is 32.1 Å². The highest BCUT2D eigenvalue weighted by Gasteiger charge is 2.19. The van der Waals surface area contributed by atoms with E-state index in [1.165, 1.54) is 23.0 Å². The number of hydrogen-bond acceptors (Lipinski definition) is 4. The van der Waals surface area contributed by atoms with Gasteiger partial charge in [0.25, 0.3) is 11.5 Å². The van der Waals surface area contributed by atoms with E-state index in [4.69, 9.17) is 23.2 Å². The quantitative estimate of drug-likeness (QED) is 0.440. The van der Waals surface area contributed by atoms with Crippen molar-refractivity contribution in [3.63, 3.8) is 0 Å². The third-order valence-electron chi connectivity index (χ3n) is 5.14. The second kappa shape index (κ2) is 8.61. The minimum atomic E-state index is -0.418. The largest absolute Gasteiger partial charge is 0.292 e. The first kappa shape index (κ1) is 21.8. The number of nitrogens with one attached hydrogen (secondary N) is 1. The summed E-state index contributed by atoms with van der Waals surface area (Å²) in [6.07, 6.45) is 1.29. The number of nitrogens with zero attached hydrogens (tertiary/aromatic N) is 3. The highest BCUT2D eigenvalue weighted by atomic mass is 35.5. The number of Topliss-reactive ketones (excluding diaryl/α,β-unsaturated/α-hetero) is 1. The maximum absolute atomic E-state index is 13.0. The number of amides is 1. The van der Waals surface area contributed by atoms with Crippen molar-refractivity contribution in [2.75, 3.05) is 5.43 Å². The molecule has 4 rings (SSSR count). The van der Waals surface area contributed by atoms with Crippen LogP contribution in [0.3, 0.4) is 0 Å². The molecule has 0 spiro atoms. The molecular weight excluding hydrogens is 451 g/mol. The molecule has 1 amide bonds. The smallest absolute Gasteiger partial charge is 0.270 e. The number of rotatable bonds is 5. The molecule has 162 valence electrons. The summed E-state index contributed by atoms with van der Waals surface area (Å²) >= 11 is 12.1. The van der Waals surface area contributed by atoms with Crippen LogP contribution in [0.2, 0.25) is 10.0 Å². The summed E-state index contributed by atoms with van der Waals surface area (Å²) in [4.78, 5) is 42.6. The zero-order valence-electron chi connectivity index (χ0n) is 17.2. The molecule has 0 aliphatic carbocycles. The van der Waals surface area contributed by atoms with Crippen molar-refractivity contribution in [1.82, 2.24) is 14.2 Å². The lowest BCUT2D eigenvalue weighted by atomic mass is 10.1. The van der Waals surface area contributed by atoms with Gasteiger partial charge in [-0.2, -0.15) is 0 Å². The van der Waals surface area contributed by atoms with Crippen molar-refractivity contribution >= 4 is 45.8 Å². The van der Waals surface area contributed by atoms with Crippen LogP contribution in [-0.2, 0) is 6.54 Å². The topological polar surface area (TPSA) is 86.0 Å². The minimum Gasteiger partial charge on any atom is -0.292 e. The maximum Gasteiger partial charge on any atom is 0.270 e.